The third-order valence-electron chi connectivity index (χ3n) is 5.06. The molecule has 0 spiro atoms. The Bertz CT molecular complexity index is 1470. The Balaban J connectivity index is 1.81. The number of amides is 1. The van der Waals surface area contributed by atoms with Gasteiger partial charge in [0.2, 0.25) is 11.3 Å². The Morgan fingerprint density at radius 3 is 2.45 bits per heavy atom. The minimum Gasteiger partial charge on any atom is -0.337 e. The molecule has 0 atom stereocenters. The summed E-state index contributed by atoms with van der Waals surface area (Å²) in [5.41, 5.74) is -0.763. The number of anilines is 1. The quantitative estimate of drug-likeness (QED) is 0.466. The molecule has 6 nitrogen and oxygen atoms in total. The molecule has 4 rings (SSSR count). The fraction of sp³-hybridized carbons (Fsp3) is 0.0833. The monoisotopic (exact) mass is 451 g/mol. The SMILES string of the molecule is Cc1cc2c(=O)c(C(=O)c3ccncc3)cn(CC(=O)Nc3cc(F)ccc3F)c2cc1F. The highest BCUT2D eigenvalue weighted by atomic mass is 19.1. The first kappa shape index (κ1) is 21.9. The van der Waals surface area contributed by atoms with Crippen LogP contribution < -0.4 is 10.7 Å². The molecule has 2 aromatic carbocycles. The molecule has 0 fully saturated rings. The summed E-state index contributed by atoms with van der Waals surface area (Å²) < 4.78 is 42.8. The van der Waals surface area contributed by atoms with Gasteiger partial charge in [-0.05, 0) is 48.9 Å². The van der Waals surface area contributed by atoms with Crippen LogP contribution in [0.2, 0.25) is 0 Å². The molecule has 0 aliphatic rings. The van der Waals surface area contributed by atoms with E-state index < -0.39 is 41.1 Å². The number of halogens is 3. The molecule has 0 saturated carbocycles. The Labute approximate surface area is 185 Å². The van der Waals surface area contributed by atoms with Crippen LogP contribution in [0.3, 0.4) is 0 Å². The maximum absolute atomic E-state index is 14.3. The van der Waals surface area contributed by atoms with E-state index in [4.69, 9.17) is 0 Å². The van der Waals surface area contributed by atoms with Gasteiger partial charge in [0.15, 0.2) is 5.78 Å². The molecule has 2 aromatic heterocycles. The summed E-state index contributed by atoms with van der Waals surface area (Å²) in [5, 5.41) is 2.29. The van der Waals surface area contributed by atoms with Crippen LogP contribution in [0.25, 0.3) is 10.9 Å². The molecule has 0 bridgehead atoms. The van der Waals surface area contributed by atoms with Gasteiger partial charge in [0.25, 0.3) is 0 Å². The van der Waals surface area contributed by atoms with E-state index in [1.807, 2.05) is 0 Å². The van der Waals surface area contributed by atoms with Crippen LogP contribution >= 0.6 is 0 Å². The lowest BCUT2D eigenvalue weighted by Gasteiger charge is -2.14. The van der Waals surface area contributed by atoms with E-state index in [9.17, 15) is 27.6 Å². The van der Waals surface area contributed by atoms with Gasteiger partial charge in [0.05, 0.1) is 16.8 Å². The number of aryl methyl sites for hydroxylation is 1. The number of nitrogens with one attached hydrogen (secondary N) is 1. The summed E-state index contributed by atoms with van der Waals surface area (Å²) in [7, 11) is 0. The second-order valence-electron chi connectivity index (χ2n) is 7.36. The molecule has 4 aromatic rings. The number of hydrogen-bond donors (Lipinski definition) is 1. The number of rotatable bonds is 5. The van der Waals surface area contributed by atoms with Crippen LogP contribution in [-0.4, -0.2) is 21.2 Å². The third-order valence-corrected chi connectivity index (χ3v) is 5.06. The van der Waals surface area contributed by atoms with E-state index in [1.165, 1.54) is 42.1 Å². The van der Waals surface area contributed by atoms with Gasteiger partial charge in [-0.3, -0.25) is 19.4 Å². The third kappa shape index (κ3) is 4.38. The fourth-order valence-electron chi connectivity index (χ4n) is 3.41. The number of ketones is 1. The van der Waals surface area contributed by atoms with Gasteiger partial charge in [-0.15, -0.1) is 0 Å². The van der Waals surface area contributed by atoms with E-state index in [-0.39, 0.29) is 33.3 Å². The second kappa shape index (κ2) is 8.70. The van der Waals surface area contributed by atoms with Crippen LogP contribution in [0.4, 0.5) is 18.9 Å². The van der Waals surface area contributed by atoms with E-state index >= 15 is 0 Å². The van der Waals surface area contributed by atoms with Crippen molar-refractivity contribution in [3.05, 3.63) is 105 Å². The molecule has 0 radical (unpaired) electrons. The van der Waals surface area contributed by atoms with Crippen molar-refractivity contribution in [2.45, 2.75) is 13.5 Å². The van der Waals surface area contributed by atoms with Crippen LogP contribution in [0.5, 0.6) is 0 Å². The van der Waals surface area contributed by atoms with Crippen LogP contribution in [0.1, 0.15) is 21.5 Å². The standard InChI is InChI=1S/C24H16F3N3O3/c1-13-8-16-21(10-19(13)27)30(12-22(31)29-20-9-15(25)2-3-18(20)26)11-17(24(16)33)23(32)14-4-6-28-7-5-14/h2-11H,12H2,1H3,(H,29,31). The van der Waals surface area contributed by atoms with Crippen LogP contribution in [0, 0.1) is 24.4 Å². The molecule has 33 heavy (non-hydrogen) atoms. The summed E-state index contributed by atoms with van der Waals surface area (Å²) in [6.07, 6.45) is 3.95. The van der Waals surface area contributed by atoms with Crippen LogP contribution in [-0.2, 0) is 11.3 Å². The van der Waals surface area contributed by atoms with Crippen LogP contribution in [0.15, 0.2) is 65.8 Å². The van der Waals surface area contributed by atoms with Gasteiger partial charge in [-0.2, -0.15) is 0 Å². The molecule has 166 valence electrons. The Morgan fingerprint density at radius 2 is 1.73 bits per heavy atom. The minimum absolute atomic E-state index is 0.0403. The van der Waals surface area contributed by atoms with Gasteiger partial charge < -0.3 is 9.88 Å². The average molecular weight is 451 g/mol. The van der Waals surface area contributed by atoms with Crippen molar-refractivity contribution in [3.8, 4) is 0 Å². The summed E-state index contributed by atoms with van der Waals surface area (Å²) in [5.74, 6) is -3.57. The summed E-state index contributed by atoms with van der Waals surface area (Å²) in [6, 6.07) is 7.85. The van der Waals surface area contributed by atoms with Crippen molar-refractivity contribution < 1.29 is 22.8 Å². The molecule has 2 heterocycles. The maximum Gasteiger partial charge on any atom is 0.244 e. The molecular weight excluding hydrogens is 435 g/mol. The van der Waals surface area contributed by atoms with Crippen molar-refractivity contribution in [3.63, 3.8) is 0 Å². The van der Waals surface area contributed by atoms with Crippen molar-refractivity contribution in [1.82, 2.24) is 9.55 Å². The average Bonchev–Trinajstić information content (AvgIpc) is 2.79. The molecule has 0 aliphatic heterocycles. The highest BCUT2D eigenvalue weighted by Gasteiger charge is 2.20. The minimum atomic E-state index is -0.843. The molecule has 1 N–H and O–H groups in total. The summed E-state index contributed by atoms with van der Waals surface area (Å²) in [6.45, 7) is 0.973. The lowest BCUT2D eigenvalue weighted by molar-refractivity contribution is -0.116. The second-order valence-corrected chi connectivity index (χ2v) is 7.36. The molecular formula is C24H16F3N3O3. The van der Waals surface area contributed by atoms with Crippen molar-refractivity contribution in [2.75, 3.05) is 5.32 Å². The van der Waals surface area contributed by atoms with Gasteiger partial charge in [-0.25, -0.2) is 13.2 Å². The highest BCUT2D eigenvalue weighted by Crippen LogP contribution is 2.20. The number of benzene rings is 2. The summed E-state index contributed by atoms with van der Waals surface area (Å²) >= 11 is 0. The predicted octanol–water partition coefficient (Wildman–Crippen LogP) is 3.99. The van der Waals surface area contributed by atoms with Crippen molar-refractivity contribution >= 4 is 28.3 Å². The topological polar surface area (TPSA) is 81.1 Å². The lowest BCUT2D eigenvalue weighted by Crippen LogP contribution is -2.24. The zero-order valence-electron chi connectivity index (χ0n) is 17.2. The number of nitrogens with zero attached hydrogens (tertiary/aromatic N) is 2. The number of carbonyl (C=O) groups excluding carboxylic acids is 2. The van der Waals surface area contributed by atoms with Gasteiger partial charge in [0.1, 0.15) is 24.0 Å². The maximum atomic E-state index is 14.3. The number of hydrogen-bond acceptors (Lipinski definition) is 4. The number of fused-ring (bicyclic) bond motifs is 1. The molecule has 0 unspecified atom stereocenters. The highest BCUT2D eigenvalue weighted by molar-refractivity contribution is 6.10. The lowest BCUT2D eigenvalue weighted by atomic mass is 10.0. The first-order valence-corrected chi connectivity index (χ1v) is 9.77. The van der Waals surface area contributed by atoms with E-state index in [0.29, 0.717) is 0 Å². The number of carbonyl (C=O) groups is 2. The smallest absolute Gasteiger partial charge is 0.244 e. The van der Waals surface area contributed by atoms with Gasteiger partial charge in [0, 0.05) is 35.6 Å². The van der Waals surface area contributed by atoms with E-state index in [2.05, 4.69) is 10.3 Å². The van der Waals surface area contributed by atoms with E-state index in [0.717, 1.165) is 30.5 Å². The van der Waals surface area contributed by atoms with Crippen molar-refractivity contribution in [1.29, 1.82) is 0 Å². The molecule has 0 saturated heterocycles. The van der Waals surface area contributed by atoms with Gasteiger partial charge in [-0.1, -0.05) is 0 Å². The molecule has 1 amide bonds. The number of pyridine rings is 2. The zero-order valence-corrected chi connectivity index (χ0v) is 17.2. The zero-order chi connectivity index (χ0) is 23.7. The Morgan fingerprint density at radius 1 is 1.00 bits per heavy atom. The first-order chi connectivity index (χ1) is 15.7. The largest absolute Gasteiger partial charge is 0.337 e. The Hall–Kier alpha value is -4.27. The van der Waals surface area contributed by atoms with Gasteiger partial charge >= 0.3 is 0 Å². The van der Waals surface area contributed by atoms with Crippen molar-refractivity contribution in [2.24, 2.45) is 0 Å². The normalized spacial score (nSPS) is 10.9. The van der Waals surface area contributed by atoms with E-state index in [1.54, 1.807) is 0 Å². The number of aromatic nitrogens is 2. The first-order valence-electron chi connectivity index (χ1n) is 9.77. The Kier molecular flexibility index (Phi) is 5.78. The molecule has 9 heteroatoms. The predicted molar refractivity (Wildman–Crippen MR) is 116 cm³/mol. The molecule has 0 aliphatic carbocycles. The summed E-state index contributed by atoms with van der Waals surface area (Å²) in [4.78, 5) is 42.4. The fourth-order valence-corrected chi connectivity index (χ4v) is 3.41.